The summed E-state index contributed by atoms with van der Waals surface area (Å²) in [4.78, 5) is 28.2. The molecule has 2 bridgehead atoms. The van der Waals surface area contributed by atoms with Crippen LogP contribution < -0.4 is 4.90 Å². The molecule has 0 spiro atoms. The van der Waals surface area contributed by atoms with Crippen LogP contribution in [0.4, 0.5) is 5.95 Å². The molecule has 2 unspecified atom stereocenters. The van der Waals surface area contributed by atoms with Gasteiger partial charge >= 0.3 is 0 Å². The van der Waals surface area contributed by atoms with Gasteiger partial charge in [-0.2, -0.15) is 0 Å². The fraction of sp³-hybridized carbons (Fsp3) is 0.737. The predicted octanol–water partition coefficient (Wildman–Crippen LogP) is 1.56. The average molecular weight is 343 g/mol. The zero-order valence-electron chi connectivity index (χ0n) is 15.4. The van der Waals surface area contributed by atoms with Gasteiger partial charge in [-0.05, 0) is 39.3 Å². The van der Waals surface area contributed by atoms with Gasteiger partial charge in [-0.3, -0.25) is 14.6 Å². The van der Waals surface area contributed by atoms with Gasteiger partial charge in [-0.15, -0.1) is 0 Å². The van der Waals surface area contributed by atoms with E-state index in [1.807, 2.05) is 12.4 Å². The third-order valence-corrected chi connectivity index (χ3v) is 6.18. The number of hydrogen-bond acceptors (Lipinski definition) is 6. The largest absolute Gasteiger partial charge is 0.332 e. The highest BCUT2D eigenvalue weighted by Gasteiger charge is 2.40. The minimum atomic E-state index is 0.214. The van der Waals surface area contributed by atoms with E-state index in [-0.39, 0.29) is 5.92 Å². The molecule has 0 N–H and O–H groups in total. The second-order valence-electron chi connectivity index (χ2n) is 7.87. The first kappa shape index (κ1) is 16.9. The van der Waals surface area contributed by atoms with Crippen LogP contribution in [-0.2, 0) is 11.3 Å². The van der Waals surface area contributed by atoms with E-state index in [9.17, 15) is 4.79 Å². The lowest BCUT2D eigenvalue weighted by atomic mass is 10.1. The van der Waals surface area contributed by atoms with Gasteiger partial charge in [0.15, 0.2) is 0 Å². The number of carbonyl (C=O) groups is 1. The maximum Gasteiger partial charge on any atom is 0.225 e. The number of piperazine rings is 1. The number of aromatic nitrogens is 2. The van der Waals surface area contributed by atoms with Crippen molar-refractivity contribution in [1.29, 1.82) is 0 Å². The highest BCUT2D eigenvalue weighted by Crippen LogP contribution is 2.32. The minimum absolute atomic E-state index is 0.214. The molecule has 3 atom stereocenters. The van der Waals surface area contributed by atoms with Crippen LogP contribution >= 0.6 is 0 Å². The zero-order chi connectivity index (χ0) is 17.4. The van der Waals surface area contributed by atoms with Crippen molar-refractivity contribution in [3.63, 3.8) is 0 Å². The molecule has 25 heavy (non-hydrogen) atoms. The Morgan fingerprint density at radius 1 is 1.08 bits per heavy atom. The Bertz CT molecular complexity index is 605. The van der Waals surface area contributed by atoms with E-state index in [0.717, 1.165) is 57.2 Å². The van der Waals surface area contributed by atoms with Crippen molar-refractivity contribution in [3.05, 3.63) is 18.0 Å². The van der Waals surface area contributed by atoms with Crippen LogP contribution in [0.25, 0.3) is 0 Å². The quantitative estimate of drug-likeness (QED) is 0.809. The summed E-state index contributed by atoms with van der Waals surface area (Å²) in [5.74, 6) is 1.43. The normalized spacial score (nSPS) is 30.2. The number of Topliss-reactive ketones (excluding diaryl/α,β-unsaturated/α-hetero) is 1. The van der Waals surface area contributed by atoms with Crippen molar-refractivity contribution in [2.24, 2.45) is 5.92 Å². The van der Waals surface area contributed by atoms with Crippen LogP contribution in [0.5, 0.6) is 0 Å². The Labute approximate surface area is 150 Å². The van der Waals surface area contributed by atoms with Gasteiger partial charge < -0.3 is 4.90 Å². The van der Waals surface area contributed by atoms with Gasteiger partial charge in [-0.1, -0.05) is 6.92 Å². The molecule has 4 rings (SSSR count). The van der Waals surface area contributed by atoms with Crippen molar-refractivity contribution in [2.75, 3.05) is 37.6 Å². The van der Waals surface area contributed by atoms with E-state index < -0.39 is 0 Å². The summed E-state index contributed by atoms with van der Waals surface area (Å²) in [6.07, 6.45) is 7.46. The molecule has 0 saturated carbocycles. The molecule has 3 aliphatic rings. The molecular formula is C19H29N5O. The molecule has 6 nitrogen and oxygen atoms in total. The van der Waals surface area contributed by atoms with Crippen molar-refractivity contribution < 1.29 is 4.79 Å². The lowest BCUT2D eigenvalue weighted by Crippen LogP contribution is -2.54. The summed E-state index contributed by atoms with van der Waals surface area (Å²) < 4.78 is 0. The molecule has 0 radical (unpaired) electrons. The zero-order valence-corrected chi connectivity index (χ0v) is 15.4. The molecule has 0 aliphatic carbocycles. The van der Waals surface area contributed by atoms with Gasteiger partial charge in [0.25, 0.3) is 0 Å². The summed E-state index contributed by atoms with van der Waals surface area (Å²) in [5.41, 5.74) is 1.15. The van der Waals surface area contributed by atoms with E-state index >= 15 is 0 Å². The van der Waals surface area contributed by atoms with Gasteiger partial charge in [0.1, 0.15) is 5.78 Å². The van der Waals surface area contributed by atoms with E-state index in [2.05, 4.69) is 21.6 Å². The van der Waals surface area contributed by atoms with Crippen LogP contribution in [-0.4, -0.2) is 70.4 Å². The van der Waals surface area contributed by atoms with Crippen molar-refractivity contribution in [3.8, 4) is 0 Å². The molecular weight excluding hydrogens is 314 g/mol. The molecule has 3 aliphatic heterocycles. The van der Waals surface area contributed by atoms with E-state index in [1.54, 1.807) is 6.92 Å². The van der Waals surface area contributed by atoms with Crippen molar-refractivity contribution in [2.45, 2.75) is 51.7 Å². The van der Waals surface area contributed by atoms with Crippen LogP contribution in [0.15, 0.2) is 12.4 Å². The van der Waals surface area contributed by atoms with E-state index in [4.69, 9.17) is 9.97 Å². The Morgan fingerprint density at radius 2 is 1.76 bits per heavy atom. The number of rotatable bonds is 5. The molecule has 3 fully saturated rings. The maximum absolute atomic E-state index is 11.5. The first-order chi connectivity index (χ1) is 12.1. The monoisotopic (exact) mass is 343 g/mol. The number of carbonyl (C=O) groups excluding carboxylic acids is 1. The summed E-state index contributed by atoms with van der Waals surface area (Å²) in [6.45, 7) is 10.1. The molecule has 136 valence electrons. The lowest BCUT2D eigenvalue weighted by molar-refractivity contribution is -0.120. The van der Waals surface area contributed by atoms with Crippen LogP contribution in [0.3, 0.4) is 0 Å². The smallest absolute Gasteiger partial charge is 0.225 e. The summed E-state index contributed by atoms with van der Waals surface area (Å²) in [6, 6.07) is 1.14. The first-order valence-electron chi connectivity index (χ1n) is 9.68. The summed E-state index contributed by atoms with van der Waals surface area (Å²) in [5, 5.41) is 0. The Kier molecular flexibility index (Phi) is 4.73. The molecule has 6 heteroatoms. The van der Waals surface area contributed by atoms with Crippen molar-refractivity contribution in [1.82, 2.24) is 19.8 Å². The standard InChI is InChI=1S/C19H29N5O/c1-3-22-12-17-4-5-18(13-22)24(17)19-20-8-15(9-21-19)10-23-7-6-16(11-23)14(2)25/h8-9,16-18H,3-7,10-13H2,1-2H3/t16-,17?,18?/m0/s1. The van der Waals surface area contributed by atoms with Gasteiger partial charge in [0.2, 0.25) is 5.95 Å². The Morgan fingerprint density at radius 3 is 2.32 bits per heavy atom. The SMILES string of the molecule is CCN1CC2CCC(C1)N2c1ncc(CN2CC[C@H](C(C)=O)C2)cn1. The number of hydrogen-bond donors (Lipinski definition) is 0. The number of fused-ring (bicyclic) bond motifs is 2. The molecule has 1 aromatic rings. The number of nitrogens with zero attached hydrogens (tertiary/aromatic N) is 5. The van der Waals surface area contributed by atoms with Crippen LogP contribution in [0.2, 0.25) is 0 Å². The lowest BCUT2D eigenvalue weighted by Gasteiger charge is -2.40. The topological polar surface area (TPSA) is 52.6 Å². The third-order valence-electron chi connectivity index (χ3n) is 6.18. The summed E-state index contributed by atoms with van der Waals surface area (Å²) >= 11 is 0. The fourth-order valence-corrected chi connectivity index (χ4v) is 4.70. The van der Waals surface area contributed by atoms with Crippen LogP contribution in [0, 0.1) is 5.92 Å². The fourth-order valence-electron chi connectivity index (χ4n) is 4.70. The number of likely N-dealkylation sites (N-methyl/N-ethyl adjacent to an activating group) is 1. The van der Waals surface area contributed by atoms with E-state index in [1.165, 1.54) is 12.8 Å². The highest BCUT2D eigenvalue weighted by molar-refractivity contribution is 5.78. The van der Waals surface area contributed by atoms with Gasteiger partial charge in [0, 0.05) is 62.1 Å². The molecule has 3 saturated heterocycles. The van der Waals surface area contributed by atoms with Gasteiger partial charge in [-0.25, -0.2) is 9.97 Å². The minimum Gasteiger partial charge on any atom is -0.332 e. The number of anilines is 1. The molecule has 4 heterocycles. The average Bonchev–Trinajstić information content (AvgIpc) is 3.18. The van der Waals surface area contributed by atoms with Gasteiger partial charge in [0.05, 0.1) is 0 Å². The van der Waals surface area contributed by atoms with Crippen LogP contribution in [0.1, 0.15) is 38.7 Å². The Balaban J connectivity index is 1.39. The second kappa shape index (κ2) is 7.00. The second-order valence-corrected chi connectivity index (χ2v) is 7.87. The number of ketones is 1. The highest BCUT2D eigenvalue weighted by atomic mass is 16.1. The molecule has 0 aromatic carbocycles. The molecule has 1 aromatic heterocycles. The summed E-state index contributed by atoms with van der Waals surface area (Å²) in [7, 11) is 0. The van der Waals surface area contributed by atoms with Crippen molar-refractivity contribution >= 4 is 11.7 Å². The Hall–Kier alpha value is -1.53. The first-order valence-corrected chi connectivity index (χ1v) is 9.68. The number of likely N-dealkylation sites (tertiary alicyclic amines) is 2. The third kappa shape index (κ3) is 3.42. The maximum atomic E-state index is 11.5. The predicted molar refractivity (Wildman–Crippen MR) is 97.5 cm³/mol. The van der Waals surface area contributed by atoms with E-state index in [0.29, 0.717) is 17.9 Å². The molecule has 0 amide bonds.